The van der Waals surface area contributed by atoms with Crippen LogP contribution in [0, 0.1) is 16.7 Å². The van der Waals surface area contributed by atoms with E-state index in [0.29, 0.717) is 0 Å². The number of rotatable bonds is 2. The molecule has 1 fully saturated rings. The largest absolute Gasteiger partial charge is 0.398 e. The van der Waals surface area contributed by atoms with E-state index in [1.807, 2.05) is 0 Å². The third-order valence-electron chi connectivity index (χ3n) is 8.06. The molecule has 2 aliphatic carbocycles. The van der Waals surface area contributed by atoms with E-state index >= 15 is 0 Å². The Morgan fingerprint density at radius 3 is 2.48 bits per heavy atom. The lowest BCUT2D eigenvalue weighted by Crippen LogP contribution is -2.60. The predicted octanol–water partition coefficient (Wildman–Crippen LogP) is 7.14. The van der Waals surface area contributed by atoms with E-state index < -0.39 is 13.9 Å². The lowest BCUT2D eigenvalue weighted by atomic mass is 9.58. The molecule has 0 saturated heterocycles. The first-order chi connectivity index (χ1) is 13.4. The summed E-state index contributed by atoms with van der Waals surface area (Å²) < 4.78 is 7.16. The average molecular weight is 407 g/mol. The Balaban J connectivity index is 2.00. The van der Waals surface area contributed by atoms with Gasteiger partial charge in [0.05, 0.1) is 12.0 Å². The molecule has 2 aromatic rings. The highest BCUT2D eigenvalue weighted by atomic mass is 28.4. The van der Waals surface area contributed by atoms with Crippen molar-refractivity contribution in [1.29, 1.82) is 5.26 Å². The molecule has 1 saturated carbocycles. The number of nitriles is 1. The number of nitrogens with zero attached hydrogens (tertiary/aromatic N) is 1. The molecule has 3 nitrogen and oxygen atoms in total. The van der Waals surface area contributed by atoms with Gasteiger partial charge in [0.15, 0.2) is 13.9 Å². The van der Waals surface area contributed by atoms with Crippen LogP contribution in [0.4, 0.5) is 0 Å². The molecule has 0 amide bonds. The Labute approximate surface area is 176 Å². The number of allylic oxidation sites excluding steroid dienone is 1. The maximum absolute atomic E-state index is 10.8. The van der Waals surface area contributed by atoms with Crippen LogP contribution in [0.3, 0.4) is 0 Å². The first-order valence-electron chi connectivity index (χ1n) is 10.8. The summed E-state index contributed by atoms with van der Waals surface area (Å²) in [6.07, 6.45) is 2.01. The number of hydrogen-bond acceptors (Lipinski definition) is 2. The summed E-state index contributed by atoms with van der Waals surface area (Å²) in [6.45, 7) is 18.0. The number of nitrogens with one attached hydrogen (secondary N) is 1. The Morgan fingerprint density at radius 1 is 1.21 bits per heavy atom. The lowest BCUT2D eigenvalue weighted by Gasteiger charge is -2.55. The number of aromatic nitrogens is 1. The second kappa shape index (κ2) is 6.09. The van der Waals surface area contributed by atoms with E-state index in [0.717, 1.165) is 18.4 Å². The Kier molecular flexibility index (Phi) is 4.29. The van der Waals surface area contributed by atoms with Crippen LogP contribution in [0.5, 0.6) is 0 Å². The molecule has 0 bridgehead atoms. The molecule has 154 valence electrons. The predicted molar refractivity (Wildman–Crippen MR) is 123 cm³/mol. The average Bonchev–Trinajstić information content (AvgIpc) is 3.12. The zero-order valence-corrected chi connectivity index (χ0v) is 20.2. The van der Waals surface area contributed by atoms with Crippen LogP contribution in [-0.4, -0.2) is 18.9 Å². The molecule has 2 aliphatic rings. The summed E-state index contributed by atoms with van der Waals surface area (Å²) in [5.74, 6) is -0.00322. The standard InChI is InChI=1S/C25H34N2OSi/c1-16-17-13-14-24(5,6)25(15-26,28-29(7,8)23(2,3)4)21(17)20-18-11-9-10-12-19(18)27-22(16)20/h9-12,21,27H,13-14H2,1-8H3/t21-,25-/m1/s1. The van der Waals surface area contributed by atoms with Crippen molar-refractivity contribution in [2.24, 2.45) is 5.41 Å². The van der Waals surface area contributed by atoms with Crippen LogP contribution < -0.4 is 0 Å². The highest BCUT2D eigenvalue weighted by molar-refractivity contribution is 6.74. The zero-order chi connectivity index (χ0) is 21.4. The fourth-order valence-electron chi connectivity index (χ4n) is 5.11. The van der Waals surface area contributed by atoms with Crippen LogP contribution in [0.15, 0.2) is 29.8 Å². The van der Waals surface area contributed by atoms with Crippen LogP contribution in [0.2, 0.25) is 18.1 Å². The fourth-order valence-corrected chi connectivity index (χ4v) is 6.66. The van der Waals surface area contributed by atoms with Crippen molar-refractivity contribution in [2.75, 3.05) is 0 Å². The monoisotopic (exact) mass is 406 g/mol. The maximum Gasteiger partial charge on any atom is 0.194 e. The third-order valence-corrected chi connectivity index (χ3v) is 12.5. The molecule has 4 heteroatoms. The van der Waals surface area contributed by atoms with Crippen molar-refractivity contribution >= 4 is 24.8 Å². The van der Waals surface area contributed by atoms with E-state index in [-0.39, 0.29) is 16.4 Å². The molecule has 1 heterocycles. The summed E-state index contributed by atoms with van der Waals surface area (Å²) >= 11 is 0. The summed E-state index contributed by atoms with van der Waals surface area (Å²) in [5.41, 5.74) is 5.26. The second-order valence-electron chi connectivity index (χ2n) is 11.1. The molecule has 4 rings (SSSR count). The Morgan fingerprint density at radius 2 is 1.86 bits per heavy atom. The topological polar surface area (TPSA) is 48.8 Å². The van der Waals surface area contributed by atoms with Crippen molar-refractivity contribution in [2.45, 2.75) is 84.0 Å². The highest BCUT2D eigenvalue weighted by Crippen LogP contribution is 2.63. The second-order valence-corrected chi connectivity index (χ2v) is 15.9. The van der Waals surface area contributed by atoms with E-state index in [4.69, 9.17) is 4.43 Å². The van der Waals surface area contributed by atoms with Crippen molar-refractivity contribution in [3.8, 4) is 6.07 Å². The normalized spacial score (nSPS) is 26.4. The minimum Gasteiger partial charge on any atom is -0.398 e. The van der Waals surface area contributed by atoms with E-state index in [9.17, 15) is 5.26 Å². The van der Waals surface area contributed by atoms with E-state index in [1.165, 1.54) is 27.8 Å². The van der Waals surface area contributed by atoms with Crippen LogP contribution in [0.1, 0.15) is 71.6 Å². The summed E-state index contributed by atoms with van der Waals surface area (Å²) in [4.78, 5) is 3.65. The highest BCUT2D eigenvalue weighted by Gasteiger charge is 2.62. The number of benzene rings is 1. The van der Waals surface area contributed by atoms with Gasteiger partial charge < -0.3 is 9.41 Å². The van der Waals surface area contributed by atoms with Gasteiger partial charge in [-0.05, 0) is 55.1 Å². The fraction of sp³-hybridized carbons (Fsp3) is 0.560. The van der Waals surface area contributed by atoms with E-state index in [1.54, 1.807) is 0 Å². The molecule has 2 atom stereocenters. The number of para-hydroxylation sites is 1. The van der Waals surface area contributed by atoms with Gasteiger partial charge in [-0.15, -0.1) is 0 Å². The first kappa shape index (κ1) is 20.4. The third kappa shape index (κ3) is 2.63. The number of H-pyrrole nitrogens is 1. The van der Waals surface area contributed by atoms with Crippen molar-refractivity contribution in [3.63, 3.8) is 0 Å². The van der Waals surface area contributed by atoms with Gasteiger partial charge in [0.1, 0.15) is 0 Å². The molecular weight excluding hydrogens is 372 g/mol. The molecule has 1 aromatic heterocycles. The van der Waals surface area contributed by atoms with Crippen molar-refractivity contribution in [3.05, 3.63) is 41.1 Å². The van der Waals surface area contributed by atoms with Crippen molar-refractivity contribution in [1.82, 2.24) is 4.98 Å². The molecule has 29 heavy (non-hydrogen) atoms. The Bertz CT molecular complexity index is 1060. The van der Waals surface area contributed by atoms with Gasteiger partial charge in [0.25, 0.3) is 0 Å². The molecular formula is C25H34N2OSi. The van der Waals surface area contributed by atoms with Crippen molar-refractivity contribution < 1.29 is 4.43 Å². The SMILES string of the molecule is CC1=C2CCC(C)(C)[C@](C#N)(O[Si](C)(C)C(C)(C)C)[C@H]2c2c1[nH]c1ccccc21. The molecule has 0 aliphatic heterocycles. The first-order valence-corrected chi connectivity index (χ1v) is 13.7. The van der Waals surface area contributed by atoms with Gasteiger partial charge in [-0.25, -0.2) is 0 Å². The summed E-state index contributed by atoms with van der Waals surface area (Å²) in [7, 11) is -2.18. The van der Waals surface area contributed by atoms with Gasteiger partial charge >= 0.3 is 0 Å². The Hall–Kier alpha value is -1.83. The van der Waals surface area contributed by atoms with Gasteiger partial charge in [-0.2, -0.15) is 5.26 Å². The molecule has 1 N–H and O–H groups in total. The quantitative estimate of drug-likeness (QED) is 0.539. The number of fused-ring (bicyclic) bond motifs is 5. The van der Waals surface area contributed by atoms with Crippen LogP contribution in [0.25, 0.3) is 16.5 Å². The minimum absolute atomic E-state index is 0.00322. The van der Waals surface area contributed by atoms with Crippen LogP contribution in [-0.2, 0) is 4.43 Å². The van der Waals surface area contributed by atoms with Gasteiger partial charge in [-0.3, -0.25) is 0 Å². The molecule has 1 aromatic carbocycles. The maximum atomic E-state index is 10.8. The van der Waals surface area contributed by atoms with Crippen LogP contribution >= 0.6 is 0 Å². The molecule has 0 unspecified atom stereocenters. The minimum atomic E-state index is -2.18. The molecule has 0 spiro atoms. The molecule has 0 radical (unpaired) electrons. The number of aromatic amines is 1. The van der Waals surface area contributed by atoms with E-state index in [2.05, 4.69) is 90.0 Å². The number of hydrogen-bond donors (Lipinski definition) is 1. The van der Waals surface area contributed by atoms with Gasteiger partial charge in [-0.1, -0.05) is 58.4 Å². The lowest BCUT2D eigenvalue weighted by molar-refractivity contribution is -0.0373. The summed E-state index contributed by atoms with van der Waals surface area (Å²) in [5, 5.41) is 12.1. The van der Waals surface area contributed by atoms with Gasteiger partial charge in [0, 0.05) is 22.0 Å². The summed E-state index contributed by atoms with van der Waals surface area (Å²) in [6, 6.07) is 11.3. The van der Waals surface area contributed by atoms with Gasteiger partial charge in [0.2, 0.25) is 0 Å². The zero-order valence-electron chi connectivity index (χ0n) is 19.2. The smallest absolute Gasteiger partial charge is 0.194 e.